The van der Waals surface area contributed by atoms with E-state index in [0.717, 1.165) is 11.4 Å². The monoisotopic (exact) mass is 329 g/mol. The summed E-state index contributed by atoms with van der Waals surface area (Å²) >= 11 is 0. The number of nitrogens with zero attached hydrogens (tertiary/aromatic N) is 4. The van der Waals surface area contributed by atoms with Gasteiger partial charge in [0.2, 0.25) is 5.88 Å². The molecule has 2 aromatic rings. The van der Waals surface area contributed by atoms with Crippen molar-refractivity contribution in [2.45, 2.75) is 33.7 Å². The Hall–Kier alpha value is -2.41. The van der Waals surface area contributed by atoms with Gasteiger partial charge in [-0.3, -0.25) is 9.83 Å². The molecule has 0 saturated carbocycles. The van der Waals surface area contributed by atoms with E-state index in [4.69, 9.17) is 14.6 Å². The highest BCUT2D eigenvalue weighted by Crippen LogP contribution is 2.26. The number of aromatic nitrogens is 3. The minimum Gasteiger partial charge on any atom is -0.479 e. The van der Waals surface area contributed by atoms with Crippen LogP contribution in [0.1, 0.15) is 32.2 Å². The molecular formula is C17H23N5O2. The van der Waals surface area contributed by atoms with E-state index in [2.05, 4.69) is 36.2 Å². The van der Waals surface area contributed by atoms with Crippen LogP contribution in [0, 0.1) is 12.3 Å². The summed E-state index contributed by atoms with van der Waals surface area (Å²) in [4.78, 5) is 19.1. The number of hydrogen-bond donors (Lipinski definition) is 1. The van der Waals surface area contributed by atoms with Crippen LogP contribution >= 0.6 is 0 Å². The third-order valence-corrected chi connectivity index (χ3v) is 3.96. The maximum Gasteiger partial charge on any atom is 0.238 e. The van der Waals surface area contributed by atoms with Gasteiger partial charge in [-0.05, 0) is 24.5 Å². The fraction of sp³-hybridized carbons (Fsp3) is 0.471. The number of nitrogens with one attached hydrogen (secondary N) is 1. The summed E-state index contributed by atoms with van der Waals surface area (Å²) in [7, 11) is 1.60. The Morgan fingerprint density at radius 2 is 2.12 bits per heavy atom. The Morgan fingerprint density at radius 3 is 2.75 bits per heavy atom. The lowest BCUT2D eigenvalue weighted by Crippen LogP contribution is -2.41. The van der Waals surface area contributed by atoms with Gasteiger partial charge in [-0.1, -0.05) is 20.8 Å². The zero-order valence-corrected chi connectivity index (χ0v) is 14.7. The smallest absolute Gasteiger partial charge is 0.238 e. The molecular weight excluding hydrogens is 306 g/mol. The molecule has 2 aromatic heterocycles. The molecule has 0 saturated heterocycles. The van der Waals surface area contributed by atoms with Gasteiger partial charge in [0.25, 0.3) is 0 Å². The summed E-state index contributed by atoms with van der Waals surface area (Å²) in [6.07, 6.45) is 3.66. The van der Waals surface area contributed by atoms with Crippen molar-refractivity contribution in [2.75, 3.05) is 13.7 Å². The number of amidine groups is 1. The summed E-state index contributed by atoms with van der Waals surface area (Å²) in [6, 6.07) is 3.90. The Kier molecular flexibility index (Phi) is 4.28. The van der Waals surface area contributed by atoms with E-state index in [1.807, 2.05) is 29.8 Å². The third kappa shape index (κ3) is 3.26. The van der Waals surface area contributed by atoms with E-state index in [1.165, 1.54) is 0 Å². The number of ether oxygens (including phenoxy) is 1. The topological polar surface area (TPSA) is 73.6 Å². The summed E-state index contributed by atoms with van der Waals surface area (Å²) in [5, 5.41) is 0. The van der Waals surface area contributed by atoms with Crippen molar-refractivity contribution >= 4 is 5.84 Å². The summed E-state index contributed by atoms with van der Waals surface area (Å²) < 4.78 is 7.34. The van der Waals surface area contributed by atoms with Crippen molar-refractivity contribution < 1.29 is 9.57 Å². The zero-order chi connectivity index (χ0) is 17.3. The normalized spacial score (nSPS) is 18.0. The van der Waals surface area contributed by atoms with Crippen LogP contribution in [0.3, 0.4) is 0 Å². The lowest BCUT2D eigenvalue weighted by Gasteiger charge is -2.31. The molecule has 1 aliphatic rings. The molecule has 3 heterocycles. The molecule has 0 spiro atoms. The van der Waals surface area contributed by atoms with Crippen LogP contribution in [-0.2, 0) is 4.84 Å². The zero-order valence-electron chi connectivity index (χ0n) is 14.7. The van der Waals surface area contributed by atoms with Gasteiger partial charge < -0.3 is 9.30 Å². The van der Waals surface area contributed by atoms with Crippen LogP contribution in [0.15, 0.2) is 29.6 Å². The predicted octanol–water partition coefficient (Wildman–Crippen LogP) is 2.28. The largest absolute Gasteiger partial charge is 0.479 e. The van der Waals surface area contributed by atoms with Crippen molar-refractivity contribution in [1.82, 2.24) is 20.0 Å². The number of rotatable bonds is 3. The van der Waals surface area contributed by atoms with E-state index < -0.39 is 0 Å². The Balaban J connectivity index is 1.96. The molecule has 0 aliphatic carbocycles. The van der Waals surface area contributed by atoms with Crippen molar-refractivity contribution in [3.8, 4) is 11.6 Å². The fourth-order valence-electron chi connectivity index (χ4n) is 2.44. The highest BCUT2D eigenvalue weighted by atomic mass is 16.6. The first-order valence-electron chi connectivity index (χ1n) is 7.90. The van der Waals surface area contributed by atoms with E-state index in [-0.39, 0.29) is 11.5 Å². The van der Waals surface area contributed by atoms with E-state index in [1.54, 1.807) is 13.4 Å². The van der Waals surface area contributed by atoms with Gasteiger partial charge in [0.1, 0.15) is 11.4 Å². The van der Waals surface area contributed by atoms with Crippen molar-refractivity contribution in [1.29, 1.82) is 0 Å². The number of methoxy groups -OCH3 is 1. The number of hydroxylamine groups is 1. The van der Waals surface area contributed by atoms with Gasteiger partial charge in [-0.25, -0.2) is 15.4 Å². The van der Waals surface area contributed by atoms with Gasteiger partial charge >= 0.3 is 0 Å². The molecule has 1 atom stereocenters. The first kappa shape index (κ1) is 16.4. The van der Waals surface area contributed by atoms with Crippen molar-refractivity contribution in [2.24, 2.45) is 10.4 Å². The fourth-order valence-corrected chi connectivity index (χ4v) is 2.44. The van der Waals surface area contributed by atoms with Gasteiger partial charge in [0, 0.05) is 6.20 Å². The molecule has 1 N–H and O–H groups in total. The van der Waals surface area contributed by atoms with Crippen LogP contribution in [0.5, 0.6) is 5.88 Å². The maximum atomic E-state index is 5.49. The first-order valence-corrected chi connectivity index (χ1v) is 7.90. The van der Waals surface area contributed by atoms with Gasteiger partial charge in [0.15, 0.2) is 5.84 Å². The van der Waals surface area contributed by atoms with Crippen molar-refractivity contribution in [3.63, 3.8) is 0 Å². The molecule has 0 aromatic carbocycles. The number of hydrogen-bond acceptors (Lipinski definition) is 6. The highest BCUT2D eigenvalue weighted by molar-refractivity contribution is 5.97. The second kappa shape index (κ2) is 6.24. The number of aryl methyl sites for hydroxylation is 1. The molecule has 1 unspecified atom stereocenters. The predicted molar refractivity (Wildman–Crippen MR) is 91.5 cm³/mol. The lowest BCUT2D eigenvalue weighted by atomic mass is 9.87. The summed E-state index contributed by atoms with van der Waals surface area (Å²) in [5.74, 6) is 1.13. The molecule has 3 rings (SSSR count). The molecule has 7 nitrogen and oxygen atoms in total. The molecule has 7 heteroatoms. The summed E-state index contributed by atoms with van der Waals surface area (Å²) in [5.41, 5.74) is 5.32. The average Bonchev–Trinajstić information content (AvgIpc) is 3.00. The van der Waals surface area contributed by atoms with Gasteiger partial charge in [-0.2, -0.15) is 0 Å². The molecule has 128 valence electrons. The van der Waals surface area contributed by atoms with Crippen LogP contribution < -0.4 is 10.2 Å². The third-order valence-electron chi connectivity index (χ3n) is 3.96. The summed E-state index contributed by atoms with van der Waals surface area (Å²) in [6.45, 7) is 8.91. The Bertz CT molecular complexity index is 761. The van der Waals surface area contributed by atoms with Gasteiger partial charge in [-0.15, -0.1) is 0 Å². The van der Waals surface area contributed by atoms with Crippen LogP contribution in [0.25, 0.3) is 5.69 Å². The highest BCUT2D eigenvalue weighted by Gasteiger charge is 2.28. The molecule has 0 radical (unpaired) electrons. The average molecular weight is 329 g/mol. The second-order valence-corrected chi connectivity index (χ2v) is 6.92. The standard InChI is InChI=1S/C17H23N5O2/c1-11-8-22(10-18-11)13-7-6-12(19-16(13)23-5)15-20-14(9-24-21-15)17(2,3)4/h6-8,10,14H,9H2,1-5H3,(H,20,21). The maximum absolute atomic E-state index is 5.49. The molecule has 0 amide bonds. The molecule has 1 aliphatic heterocycles. The minimum absolute atomic E-state index is 0.0196. The van der Waals surface area contributed by atoms with Gasteiger partial charge in [0.05, 0.1) is 31.8 Å². The van der Waals surface area contributed by atoms with E-state index in [0.29, 0.717) is 24.0 Å². The van der Waals surface area contributed by atoms with Crippen LogP contribution in [0.2, 0.25) is 0 Å². The number of pyridine rings is 1. The molecule has 0 bridgehead atoms. The number of imidazole rings is 1. The number of aliphatic imine (C=N–C) groups is 1. The molecule has 24 heavy (non-hydrogen) atoms. The SMILES string of the molecule is COc1nc(C2=NC(C(C)(C)C)CON2)ccc1-n1cnc(C)c1. The van der Waals surface area contributed by atoms with Crippen LogP contribution in [0.4, 0.5) is 0 Å². The van der Waals surface area contributed by atoms with E-state index in [9.17, 15) is 0 Å². The Labute approximate surface area is 141 Å². The van der Waals surface area contributed by atoms with Crippen molar-refractivity contribution in [3.05, 3.63) is 36.0 Å². The molecule has 0 fully saturated rings. The Morgan fingerprint density at radius 1 is 1.33 bits per heavy atom. The first-order chi connectivity index (χ1) is 11.4. The second-order valence-electron chi connectivity index (χ2n) is 6.92. The van der Waals surface area contributed by atoms with Crippen LogP contribution in [-0.4, -0.2) is 40.1 Å². The lowest BCUT2D eigenvalue weighted by molar-refractivity contribution is 0.0375. The quantitative estimate of drug-likeness (QED) is 0.935. The minimum atomic E-state index is 0.0196. The van der Waals surface area contributed by atoms with E-state index >= 15 is 0 Å².